The molecule has 3 N–H and O–H groups in total. The topological polar surface area (TPSA) is 38.0 Å². The molecule has 48 valence electrons. The number of hydrogen-bond acceptors (Lipinski definition) is 2. The molecule has 0 aromatic carbocycles. The molecule has 0 bridgehead atoms. The molecule has 0 radical (unpaired) electrons. The van der Waals surface area contributed by atoms with Crippen molar-refractivity contribution in [1.29, 1.82) is 0 Å². The fraction of sp³-hybridized carbons (Fsp3) is 0.667. The van der Waals surface area contributed by atoms with Gasteiger partial charge in [-0.2, -0.15) is 0 Å². The van der Waals surface area contributed by atoms with Gasteiger partial charge in [-0.25, -0.2) is 0 Å². The third kappa shape index (κ3) is 2.77. The summed E-state index contributed by atoms with van der Waals surface area (Å²) in [7, 11) is 0. The molecule has 1 unspecified atom stereocenters. The normalized spacial score (nSPS) is 13.2. The van der Waals surface area contributed by atoms with Crippen molar-refractivity contribution in [3.05, 3.63) is 12.7 Å². The summed E-state index contributed by atoms with van der Waals surface area (Å²) in [5, 5.41) is 0. The van der Waals surface area contributed by atoms with E-state index < -0.39 is 0 Å². The Balaban J connectivity index is 3.21. The summed E-state index contributed by atoms with van der Waals surface area (Å²) in [6.45, 7) is 5.73. The Hall–Kier alpha value is -0.340. The Morgan fingerprint density at radius 2 is 2.50 bits per heavy atom. The van der Waals surface area contributed by atoms with E-state index in [9.17, 15) is 0 Å². The van der Waals surface area contributed by atoms with Crippen LogP contribution in [0.5, 0.6) is 0 Å². The summed E-state index contributed by atoms with van der Waals surface area (Å²) in [4.78, 5) is 0. The minimum absolute atomic E-state index is 0.292. The number of rotatable bonds is 4. The summed E-state index contributed by atoms with van der Waals surface area (Å²) >= 11 is 0. The smallest absolute Gasteiger partial charge is 0.0387 e. The van der Waals surface area contributed by atoms with Crippen molar-refractivity contribution < 1.29 is 0 Å². The zero-order chi connectivity index (χ0) is 6.41. The maximum Gasteiger partial charge on any atom is 0.0387 e. The monoisotopic (exact) mass is 114 g/mol. The summed E-state index contributed by atoms with van der Waals surface area (Å²) in [6, 6.07) is 0.292. The van der Waals surface area contributed by atoms with Crippen molar-refractivity contribution in [1.82, 2.24) is 5.43 Å². The molecule has 0 rings (SSSR count). The van der Waals surface area contributed by atoms with Crippen molar-refractivity contribution in [2.45, 2.75) is 25.8 Å². The average Bonchev–Trinajstić information content (AvgIpc) is 1.83. The van der Waals surface area contributed by atoms with Crippen LogP contribution in [0.1, 0.15) is 19.8 Å². The van der Waals surface area contributed by atoms with E-state index in [1.54, 1.807) is 0 Å². The SMILES string of the molecule is C=CC(CCC)NN. The van der Waals surface area contributed by atoms with E-state index >= 15 is 0 Å². The maximum atomic E-state index is 5.15. The molecule has 0 amide bonds. The van der Waals surface area contributed by atoms with E-state index in [2.05, 4.69) is 18.9 Å². The molecule has 0 spiro atoms. The lowest BCUT2D eigenvalue weighted by Crippen LogP contribution is -2.32. The molecule has 0 saturated carbocycles. The highest BCUT2D eigenvalue weighted by Gasteiger charge is 1.95. The number of hydrogen-bond donors (Lipinski definition) is 2. The summed E-state index contributed by atoms with van der Waals surface area (Å²) < 4.78 is 0. The third-order valence-electron chi connectivity index (χ3n) is 1.10. The van der Waals surface area contributed by atoms with Gasteiger partial charge in [0.2, 0.25) is 0 Å². The van der Waals surface area contributed by atoms with E-state index in [0.29, 0.717) is 6.04 Å². The van der Waals surface area contributed by atoms with Gasteiger partial charge in [-0.15, -0.1) is 6.58 Å². The highest BCUT2D eigenvalue weighted by Crippen LogP contribution is 1.93. The molecule has 1 atom stereocenters. The van der Waals surface area contributed by atoms with E-state index in [0.717, 1.165) is 12.8 Å². The first-order valence-corrected chi connectivity index (χ1v) is 2.93. The fourth-order valence-electron chi connectivity index (χ4n) is 0.580. The molecule has 0 aromatic rings. The van der Waals surface area contributed by atoms with Gasteiger partial charge in [0.15, 0.2) is 0 Å². The first-order valence-electron chi connectivity index (χ1n) is 2.93. The van der Waals surface area contributed by atoms with E-state index in [-0.39, 0.29) is 0 Å². The second-order valence-electron chi connectivity index (χ2n) is 1.80. The lowest BCUT2D eigenvalue weighted by molar-refractivity contribution is 0.570. The molecule has 0 aliphatic rings. The van der Waals surface area contributed by atoms with Crippen molar-refractivity contribution in [3.63, 3.8) is 0 Å². The molecule has 0 aliphatic heterocycles. The molecule has 0 fully saturated rings. The largest absolute Gasteiger partial charge is 0.271 e. The van der Waals surface area contributed by atoms with Crippen LogP contribution in [0, 0.1) is 0 Å². The van der Waals surface area contributed by atoms with Gasteiger partial charge in [0.1, 0.15) is 0 Å². The van der Waals surface area contributed by atoms with Gasteiger partial charge in [-0.1, -0.05) is 19.4 Å². The van der Waals surface area contributed by atoms with Crippen LogP contribution in [0.4, 0.5) is 0 Å². The van der Waals surface area contributed by atoms with Crippen molar-refractivity contribution in [3.8, 4) is 0 Å². The molecular weight excluding hydrogens is 100 g/mol. The maximum absolute atomic E-state index is 5.15. The van der Waals surface area contributed by atoms with Crippen molar-refractivity contribution in [2.24, 2.45) is 5.84 Å². The van der Waals surface area contributed by atoms with Crippen LogP contribution < -0.4 is 11.3 Å². The second-order valence-corrected chi connectivity index (χ2v) is 1.80. The van der Waals surface area contributed by atoms with Crippen LogP contribution in [0.15, 0.2) is 12.7 Å². The Morgan fingerprint density at radius 3 is 2.62 bits per heavy atom. The van der Waals surface area contributed by atoms with Crippen LogP contribution in [0.3, 0.4) is 0 Å². The van der Waals surface area contributed by atoms with Gasteiger partial charge in [0.25, 0.3) is 0 Å². The van der Waals surface area contributed by atoms with Crippen molar-refractivity contribution >= 4 is 0 Å². The quantitative estimate of drug-likeness (QED) is 0.322. The lowest BCUT2D eigenvalue weighted by atomic mass is 10.2. The van der Waals surface area contributed by atoms with Gasteiger partial charge in [0.05, 0.1) is 0 Å². The summed E-state index contributed by atoms with van der Waals surface area (Å²) in [5.41, 5.74) is 2.63. The highest BCUT2D eigenvalue weighted by molar-refractivity contribution is 4.82. The lowest BCUT2D eigenvalue weighted by Gasteiger charge is -2.06. The molecule has 0 heterocycles. The standard InChI is InChI=1S/C6H14N2/c1-3-5-6(4-2)8-7/h4,6,8H,2-3,5,7H2,1H3. The van der Waals surface area contributed by atoms with E-state index in [1.165, 1.54) is 0 Å². The van der Waals surface area contributed by atoms with Gasteiger partial charge in [0, 0.05) is 6.04 Å². The van der Waals surface area contributed by atoms with Gasteiger partial charge in [-0.3, -0.25) is 11.3 Å². The minimum atomic E-state index is 0.292. The van der Waals surface area contributed by atoms with Crippen LogP contribution in [-0.4, -0.2) is 6.04 Å². The summed E-state index contributed by atoms with van der Waals surface area (Å²) in [6.07, 6.45) is 4.03. The van der Waals surface area contributed by atoms with E-state index in [4.69, 9.17) is 5.84 Å². The fourth-order valence-corrected chi connectivity index (χ4v) is 0.580. The highest BCUT2D eigenvalue weighted by atomic mass is 15.2. The van der Waals surface area contributed by atoms with Crippen LogP contribution >= 0.6 is 0 Å². The Labute approximate surface area is 50.7 Å². The first-order chi connectivity index (χ1) is 3.85. The molecule has 2 heteroatoms. The predicted octanol–water partition coefficient (Wildman–Crippen LogP) is 0.804. The Bertz CT molecular complexity index is 61.5. The zero-order valence-electron chi connectivity index (χ0n) is 5.35. The first kappa shape index (κ1) is 7.66. The number of nitrogens with one attached hydrogen (secondary N) is 1. The second kappa shape index (κ2) is 4.81. The Kier molecular flexibility index (Phi) is 4.61. The number of nitrogens with two attached hydrogens (primary N) is 1. The molecular formula is C6H14N2. The van der Waals surface area contributed by atoms with E-state index in [1.807, 2.05) is 6.08 Å². The predicted molar refractivity (Wildman–Crippen MR) is 36.2 cm³/mol. The zero-order valence-corrected chi connectivity index (χ0v) is 5.35. The molecule has 0 aliphatic carbocycles. The summed E-state index contributed by atoms with van der Waals surface area (Å²) in [5.74, 6) is 5.15. The average molecular weight is 114 g/mol. The van der Waals surface area contributed by atoms with Crippen LogP contribution in [0.25, 0.3) is 0 Å². The molecule has 8 heavy (non-hydrogen) atoms. The molecule has 0 aromatic heterocycles. The number of hydrazine groups is 1. The third-order valence-corrected chi connectivity index (χ3v) is 1.10. The Morgan fingerprint density at radius 1 is 1.88 bits per heavy atom. The van der Waals surface area contributed by atoms with Crippen LogP contribution in [0.2, 0.25) is 0 Å². The van der Waals surface area contributed by atoms with Gasteiger partial charge in [-0.05, 0) is 6.42 Å². The molecule has 2 nitrogen and oxygen atoms in total. The van der Waals surface area contributed by atoms with Gasteiger partial charge < -0.3 is 0 Å². The van der Waals surface area contributed by atoms with Crippen molar-refractivity contribution in [2.75, 3.05) is 0 Å². The van der Waals surface area contributed by atoms with Crippen LogP contribution in [-0.2, 0) is 0 Å². The molecule has 0 saturated heterocycles. The van der Waals surface area contributed by atoms with Gasteiger partial charge >= 0.3 is 0 Å². The minimum Gasteiger partial charge on any atom is -0.271 e.